The van der Waals surface area contributed by atoms with Gasteiger partial charge in [-0.15, -0.1) is 0 Å². The minimum absolute atomic E-state index is 0.487. The lowest BCUT2D eigenvalue weighted by Gasteiger charge is -2.15. The number of nitrogen functional groups attached to an aromatic ring is 1. The fourth-order valence-electron chi connectivity index (χ4n) is 2.21. The quantitative estimate of drug-likeness (QED) is 0.762. The summed E-state index contributed by atoms with van der Waals surface area (Å²) in [6, 6.07) is 6.11. The van der Waals surface area contributed by atoms with Crippen molar-refractivity contribution in [2.24, 2.45) is 0 Å². The van der Waals surface area contributed by atoms with Crippen LogP contribution in [0.2, 0.25) is 0 Å². The van der Waals surface area contributed by atoms with E-state index in [-0.39, 0.29) is 0 Å². The molecule has 1 heterocycles. The number of aromatic amines is 1. The van der Waals surface area contributed by atoms with Gasteiger partial charge in [0.1, 0.15) is 5.75 Å². The molecule has 1 aliphatic rings. The smallest absolute Gasteiger partial charge is 0.198 e. The first-order chi connectivity index (χ1) is 7.78. The number of hydrogen-bond donors (Lipinski definition) is 2. The van der Waals surface area contributed by atoms with Crippen LogP contribution in [0.15, 0.2) is 18.2 Å². The Labute approximate surface area is 93.5 Å². The second-order valence-electron chi connectivity index (χ2n) is 3.97. The summed E-state index contributed by atoms with van der Waals surface area (Å²) in [4.78, 5) is 7.44. The molecule has 0 aliphatic heterocycles. The molecule has 16 heavy (non-hydrogen) atoms. The van der Waals surface area contributed by atoms with Gasteiger partial charge in [0.2, 0.25) is 0 Å². The summed E-state index contributed by atoms with van der Waals surface area (Å²) < 4.78 is 5.23. The minimum atomic E-state index is 0.487. The van der Waals surface area contributed by atoms with Crippen LogP contribution in [0, 0.1) is 0 Å². The molecule has 0 radical (unpaired) electrons. The number of imidazole rings is 1. The minimum Gasteiger partial charge on any atom is -0.497 e. The maximum absolute atomic E-state index is 5.69. The standard InChI is InChI=1S/C12H13N3O/c1-16-8-4-2-7-3-5-10-11(9(7)6-8)15-12(13)14-10/h2,4,6H,3,5H2,1H3,(H3,13,14,15). The van der Waals surface area contributed by atoms with Gasteiger partial charge in [0.25, 0.3) is 0 Å². The number of aromatic nitrogens is 2. The average molecular weight is 215 g/mol. The molecule has 0 atom stereocenters. The number of ether oxygens (including phenoxy) is 1. The van der Waals surface area contributed by atoms with Crippen LogP contribution < -0.4 is 10.5 Å². The van der Waals surface area contributed by atoms with Gasteiger partial charge >= 0.3 is 0 Å². The van der Waals surface area contributed by atoms with E-state index in [9.17, 15) is 0 Å². The Hall–Kier alpha value is -1.97. The van der Waals surface area contributed by atoms with Crippen molar-refractivity contribution in [3.8, 4) is 17.0 Å². The van der Waals surface area contributed by atoms with Crippen molar-refractivity contribution in [3.05, 3.63) is 29.5 Å². The largest absolute Gasteiger partial charge is 0.497 e. The first-order valence-corrected chi connectivity index (χ1v) is 5.29. The van der Waals surface area contributed by atoms with Crippen LogP contribution in [-0.4, -0.2) is 17.1 Å². The number of nitrogens with two attached hydrogens (primary N) is 1. The van der Waals surface area contributed by atoms with E-state index in [1.54, 1.807) is 7.11 Å². The van der Waals surface area contributed by atoms with Crippen molar-refractivity contribution in [2.75, 3.05) is 12.8 Å². The van der Waals surface area contributed by atoms with Crippen LogP contribution in [0.4, 0.5) is 5.95 Å². The molecule has 1 aromatic carbocycles. The molecule has 0 fully saturated rings. The van der Waals surface area contributed by atoms with Crippen LogP contribution in [0.5, 0.6) is 5.75 Å². The summed E-state index contributed by atoms with van der Waals surface area (Å²) in [7, 11) is 1.67. The Morgan fingerprint density at radius 1 is 1.38 bits per heavy atom. The zero-order chi connectivity index (χ0) is 11.1. The molecule has 0 spiro atoms. The zero-order valence-electron chi connectivity index (χ0n) is 9.08. The van der Waals surface area contributed by atoms with E-state index in [1.165, 1.54) is 5.56 Å². The maximum Gasteiger partial charge on any atom is 0.198 e. The molecule has 4 heteroatoms. The third-order valence-electron chi connectivity index (χ3n) is 3.01. The number of H-pyrrole nitrogens is 1. The molecule has 0 saturated heterocycles. The number of nitrogens with one attached hydrogen (secondary N) is 1. The molecule has 3 N–H and O–H groups in total. The molecular formula is C12H13N3O. The average Bonchev–Trinajstić information content (AvgIpc) is 2.69. The normalized spacial score (nSPS) is 13.1. The van der Waals surface area contributed by atoms with Gasteiger partial charge in [-0.3, -0.25) is 0 Å². The number of anilines is 1. The number of hydrogen-bond acceptors (Lipinski definition) is 3. The highest BCUT2D eigenvalue weighted by molar-refractivity contribution is 5.71. The van der Waals surface area contributed by atoms with Gasteiger partial charge < -0.3 is 15.5 Å². The first kappa shape index (κ1) is 9.27. The van der Waals surface area contributed by atoms with Crippen LogP contribution in [-0.2, 0) is 12.8 Å². The Morgan fingerprint density at radius 2 is 2.25 bits per heavy atom. The number of aryl methyl sites for hydroxylation is 2. The highest BCUT2D eigenvalue weighted by Crippen LogP contribution is 2.34. The van der Waals surface area contributed by atoms with Crippen LogP contribution in [0.3, 0.4) is 0 Å². The molecule has 0 saturated carbocycles. The van der Waals surface area contributed by atoms with E-state index >= 15 is 0 Å². The molecule has 82 valence electrons. The summed E-state index contributed by atoms with van der Waals surface area (Å²) >= 11 is 0. The van der Waals surface area contributed by atoms with Crippen molar-refractivity contribution in [1.82, 2.24) is 9.97 Å². The summed E-state index contributed by atoms with van der Waals surface area (Å²) in [6.45, 7) is 0. The molecule has 4 nitrogen and oxygen atoms in total. The third-order valence-corrected chi connectivity index (χ3v) is 3.01. The predicted octanol–water partition coefficient (Wildman–Crippen LogP) is 1.77. The van der Waals surface area contributed by atoms with E-state index in [0.29, 0.717) is 5.95 Å². The number of fused-ring (bicyclic) bond motifs is 3. The fraction of sp³-hybridized carbons (Fsp3) is 0.250. The van der Waals surface area contributed by atoms with Crippen molar-refractivity contribution >= 4 is 5.95 Å². The van der Waals surface area contributed by atoms with E-state index in [1.807, 2.05) is 12.1 Å². The van der Waals surface area contributed by atoms with Gasteiger partial charge in [0.05, 0.1) is 12.8 Å². The Bertz CT molecular complexity index is 545. The van der Waals surface area contributed by atoms with Gasteiger partial charge in [-0.25, -0.2) is 4.98 Å². The Balaban J connectivity index is 2.21. The van der Waals surface area contributed by atoms with Crippen LogP contribution in [0.25, 0.3) is 11.3 Å². The van der Waals surface area contributed by atoms with Crippen LogP contribution >= 0.6 is 0 Å². The van der Waals surface area contributed by atoms with Crippen molar-refractivity contribution in [3.63, 3.8) is 0 Å². The third kappa shape index (κ3) is 1.26. The van der Waals surface area contributed by atoms with Gasteiger partial charge in [-0.05, 0) is 30.5 Å². The van der Waals surface area contributed by atoms with E-state index in [2.05, 4.69) is 16.0 Å². The van der Waals surface area contributed by atoms with E-state index in [0.717, 1.165) is 35.5 Å². The number of benzene rings is 1. The molecule has 0 amide bonds. The predicted molar refractivity (Wildman–Crippen MR) is 62.4 cm³/mol. The monoisotopic (exact) mass is 215 g/mol. The SMILES string of the molecule is COc1ccc2c(c1)-c1nc(N)[nH]c1CC2. The number of rotatable bonds is 1. The summed E-state index contributed by atoms with van der Waals surface area (Å²) in [5.74, 6) is 1.34. The maximum atomic E-state index is 5.69. The second kappa shape index (κ2) is 3.27. The second-order valence-corrected chi connectivity index (χ2v) is 3.97. The summed E-state index contributed by atoms with van der Waals surface area (Å²) in [6.07, 6.45) is 1.99. The molecule has 3 rings (SSSR count). The molecule has 0 bridgehead atoms. The highest BCUT2D eigenvalue weighted by Gasteiger charge is 2.20. The van der Waals surface area contributed by atoms with Crippen molar-refractivity contribution in [2.45, 2.75) is 12.8 Å². The molecule has 2 aromatic rings. The number of methoxy groups -OCH3 is 1. The van der Waals surface area contributed by atoms with E-state index < -0.39 is 0 Å². The Morgan fingerprint density at radius 3 is 3.06 bits per heavy atom. The van der Waals surface area contributed by atoms with Gasteiger partial charge in [0.15, 0.2) is 5.95 Å². The zero-order valence-corrected chi connectivity index (χ0v) is 9.08. The first-order valence-electron chi connectivity index (χ1n) is 5.29. The van der Waals surface area contributed by atoms with Crippen LogP contribution in [0.1, 0.15) is 11.3 Å². The van der Waals surface area contributed by atoms with Gasteiger partial charge in [-0.1, -0.05) is 6.07 Å². The van der Waals surface area contributed by atoms with Gasteiger partial charge in [-0.2, -0.15) is 0 Å². The highest BCUT2D eigenvalue weighted by atomic mass is 16.5. The van der Waals surface area contributed by atoms with Crippen molar-refractivity contribution in [1.29, 1.82) is 0 Å². The van der Waals surface area contributed by atoms with E-state index in [4.69, 9.17) is 10.5 Å². The Kier molecular flexibility index (Phi) is 1.89. The summed E-state index contributed by atoms with van der Waals surface area (Å²) in [5.41, 5.74) is 10.2. The fourth-order valence-corrected chi connectivity index (χ4v) is 2.21. The lowest BCUT2D eigenvalue weighted by Crippen LogP contribution is -2.03. The molecule has 1 aliphatic carbocycles. The molecule has 0 unspecified atom stereocenters. The number of nitrogens with zero attached hydrogens (tertiary/aromatic N) is 1. The molecule has 1 aromatic heterocycles. The topological polar surface area (TPSA) is 63.9 Å². The lowest BCUT2D eigenvalue weighted by atomic mass is 9.92. The lowest BCUT2D eigenvalue weighted by molar-refractivity contribution is 0.415. The summed E-state index contributed by atoms with van der Waals surface area (Å²) in [5, 5.41) is 0. The van der Waals surface area contributed by atoms with Gasteiger partial charge in [0, 0.05) is 11.3 Å². The molecular weight excluding hydrogens is 202 g/mol. The van der Waals surface area contributed by atoms with Crippen molar-refractivity contribution < 1.29 is 4.74 Å².